The van der Waals surface area contributed by atoms with E-state index in [1.807, 2.05) is 23.1 Å². The second kappa shape index (κ2) is 7.38. The molecule has 0 radical (unpaired) electrons. The van der Waals surface area contributed by atoms with E-state index < -0.39 is 0 Å². The van der Waals surface area contributed by atoms with Crippen molar-refractivity contribution in [3.05, 3.63) is 42.2 Å². The monoisotopic (exact) mass is 329 g/mol. The first kappa shape index (κ1) is 16.4. The lowest BCUT2D eigenvalue weighted by Gasteiger charge is -2.41. The molecule has 0 N–H and O–H groups in total. The molecule has 0 saturated carbocycles. The van der Waals surface area contributed by atoms with E-state index in [0.29, 0.717) is 30.5 Å². The number of hydrogen-bond donors (Lipinski definition) is 0. The van der Waals surface area contributed by atoms with Gasteiger partial charge >= 0.3 is 0 Å². The largest absolute Gasteiger partial charge is 0.479 e. The van der Waals surface area contributed by atoms with Gasteiger partial charge in [0.05, 0.1) is 7.11 Å². The first-order chi connectivity index (χ1) is 11.7. The highest BCUT2D eigenvalue weighted by atomic mass is 16.5. The Hall–Kier alpha value is -2.50. The molecule has 1 fully saturated rings. The Morgan fingerprint density at radius 1 is 1.33 bits per heavy atom. The highest BCUT2D eigenvalue weighted by Gasteiger charge is 2.26. The van der Waals surface area contributed by atoms with Crippen molar-refractivity contribution in [2.45, 2.75) is 25.8 Å². The minimum Gasteiger partial charge on any atom is -0.479 e. The van der Waals surface area contributed by atoms with Crippen molar-refractivity contribution >= 4 is 11.6 Å². The van der Waals surface area contributed by atoms with E-state index in [1.165, 1.54) is 5.69 Å². The van der Waals surface area contributed by atoms with Crippen molar-refractivity contribution < 1.29 is 14.1 Å². The summed E-state index contributed by atoms with van der Waals surface area (Å²) >= 11 is 0. The van der Waals surface area contributed by atoms with Crippen LogP contribution in [0.4, 0.5) is 5.69 Å². The van der Waals surface area contributed by atoms with Gasteiger partial charge in [0.1, 0.15) is 5.76 Å². The number of benzene rings is 1. The summed E-state index contributed by atoms with van der Waals surface area (Å²) in [6.45, 7) is 4.51. The summed E-state index contributed by atoms with van der Waals surface area (Å²) in [4.78, 5) is 16.7. The van der Waals surface area contributed by atoms with Crippen LogP contribution < -0.4 is 9.64 Å². The molecule has 1 unspecified atom stereocenters. The van der Waals surface area contributed by atoms with Gasteiger partial charge in [-0.05, 0) is 24.2 Å². The second-order valence-corrected chi connectivity index (χ2v) is 6.05. The lowest BCUT2D eigenvalue weighted by molar-refractivity contribution is -0.132. The van der Waals surface area contributed by atoms with Crippen LogP contribution in [0, 0.1) is 0 Å². The minimum absolute atomic E-state index is 0.157. The maximum atomic E-state index is 12.5. The van der Waals surface area contributed by atoms with E-state index in [0.717, 1.165) is 19.6 Å². The van der Waals surface area contributed by atoms with E-state index in [9.17, 15) is 4.79 Å². The van der Waals surface area contributed by atoms with Crippen LogP contribution in [0.3, 0.4) is 0 Å². The van der Waals surface area contributed by atoms with E-state index >= 15 is 0 Å². The van der Waals surface area contributed by atoms with Crippen molar-refractivity contribution in [3.8, 4) is 5.88 Å². The number of piperazine rings is 1. The number of carbonyl (C=O) groups excluding carboxylic acids is 1. The summed E-state index contributed by atoms with van der Waals surface area (Å²) in [6, 6.07) is 12.4. The van der Waals surface area contributed by atoms with Crippen molar-refractivity contribution in [2.75, 3.05) is 31.6 Å². The van der Waals surface area contributed by atoms with Gasteiger partial charge in [-0.2, -0.15) is 0 Å². The van der Waals surface area contributed by atoms with Gasteiger partial charge in [0.15, 0.2) is 0 Å². The van der Waals surface area contributed by atoms with Gasteiger partial charge in [0.2, 0.25) is 5.91 Å². The molecular weight excluding hydrogens is 306 g/mol. The highest BCUT2D eigenvalue weighted by molar-refractivity contribution is 5.76. The molecule has 1 aromatic heterocycles. The average molecular weight is 329 g/mol. The third-order valence-corrected chi connectivity index (χ3v) is 4.40. The molecule has 1 aromatic carbocycles. The van der Waals surface area contributed by atoms with Gasteiger partial charge in [-0.1, -0.05) is 18.2 Å². The van der Waals surface area contributed by atoms with Gasteiger partial charge in [-0.3, -0.25) is 4.79 Å². The SMILES string of the molecule is COc1cc(CCC(=O)N2CCN(c3ccccc3)C(C)C2)on1. The van der Waals surface area contributed by atoms with E-state index in [2.05, 4.69) is 29.1 Å². The summed E-state index contributed by atoms with van der Waals surface area (Å²) in [7, 11) is 1.54. The second-order valence-electron chi connectivity index (χ2n) is 6.05. The van der Waals surface area contributed by atoms with Crippen molar-refractivity contribution in [2.24, 2.45) is 0 Å². The number of nitrogens with zero attached hydrogens (tertiary/aromatic N) is 3. The standard InChI is InChI=1S/C18H23N3O3/c1-14-13-20(10-11-21(14)15-6-4-3-5-7-15)18(22)9-8-16-12-17(23-2)19-24-16/h3-7,12,14H,8-11,13H2,1-2H3. The Bertz CT molecular complexity index is 671. The number of aryl methyl sites for hydroxylation is 1. The summed E-state index contributed by atoms with van der Waals surface area (Å²) in [5.74, 6) is 1.28. The third kappa shape index (κ3) is 3.69. The fourth-order valence-corrected chi connectivity index (χ4v) is 3.08. The molecule has 6 heteroatoms. The number of aromatic nitrogens is 1. The highest BCUT2D eigenvalue weighted by Crippen LogP contribution is 2.21. The Kier molecular flexibility index (Phi) is 5.03. The Balaban J connectivity index is 1.52. The number of para-hydroxylation sites is 1. The molecule has 1 amide bonds. The minimum atomic E-state index is 0.157. The molecule has 24 heavy (non-hydrogen) atoms. The molecule has 6 nitrogen and oxygen atoms in total. The number of hydrogen-bond acceptors (Lipinski definition) is 5. The normalized spacial score (nSPS) is 17.8. The zero-order valence-corrected chi connectivity index (χ0v) is 14.1. The summed E-state index contributed by atoms with van der Waals surface area (Å²) < 4.78 is 10.1. The van der Waals surface area contributed by atoms with Gasteiger partial charge in [-0.15, -0.1) is 0 Å². The average Bonchev–Trinajstić information content (AvgIpc) is 3.08. The number of anilines is 1. The van der Waals surface area contributed by atoms with Crippen molar-refractivity contribution in [1.82, 2.24) is 10.1 Å². The zero-order chi connectivity index (χ0) is 16.9. The first-order valence-electron chi connectivity index (χ1n) is 8.26. The van der Waals surface area contributed by atoms with E-state index in [4.69, 9.17) is 9.26 Å². The van der Waals surface area contributed by atoms with Crippen LogP contribution in [0.25, 0.3) is 0 Å². The van der Waals surface area contributed by atoms with Crippen LogP contribution in [-0.2, 0) is 11.2 Å². The van der Waals surface area contributed by atoms with E-state index in [-0.39, 0.29) is 5.91 Å². The molecule has 0 spiro atoms. The Morgan fingerprint density at radius 3 is 2.79 bits per heavy atom. The van der Waals surface area contributed by atoms with Crippen molar-refractivity contribution in [3.63, 3.8) is 0 Å². The number of carbonyl (C=O) groups is 1. The van der Waals surface area contributed by atoms with Crippen LogP contribution in [0.5, 0.6) is 5.88 Å². The van der Waals surface area contributed by atoms with Gasteiger partial charge < -0.3 is 19.1 Å². The Morgan fingerprint density at radius 2 is 2.12 bits per heavy atom. The number of rotatable bonds is 5. The lowest BCUT2D eigenvalue weighted by Crippen LogP contribution is -2.53. The number of methoxy groups -OCH3 is 1. The predicted octanol–water partition coefficient (Wildman–Crippen LogP) is 2.35. The molecule has 1 saturated heterocycles. The molecule has 3 rings (SSSR count). The number of amides is 1. The van der Waals surface area contributed by atoms with Crippen LogP contribution >= 0.6 is 0 Å². The zero-order valence-electron chi connectivity index (χ0n) is 14.1. The topological polar surface area (TPSA) is 58.8 Å². The molecule has 1 aliphatic rings. The first-order valence-corrected chi connectivity index (χ1v) is 8.26. The molecular formula is C18H23N3O3. The van der Waals surface area contributed by atoms with Crippen LogP contribution in [0.15, 0.2) is 40.9 Å². The lowest BCUT2D eigenvalue weighted by atomic mass is 10.1. The molecule has 1 atom stereocenters. The third-order valence-electron chi connectivity index (χ3n) is 4.40. The summed E-state index contributed by atoms with van der Waals surface area (Å²) in [5, 5.41) is 3.75. The fraction of sp³-hybridized carbons (Fsp3) is 0.444. The predicted molar refractivity (Wildman–Crippen MR) is 91.2 cm³/mol. The van der Waals surface area contributed by atoms with Crippen LogP contribution in [-0.4, -0.2) is 48.7 Å². The van der Waals surface area contributed by atoms with Crippen molar-refractivity contribution in [1.29, 1.82) is 0 Å². The molecule has 2 aromatic rings. The molecule has 0 aliphatic carbocycles. The van der Waals surface area contributed by atoms with E-state index in [1.54, 1.807) is 13.2 Å². The quantitative estimate of drug-likeness (QED) is 0.843. The van der Waals surface area contributed by atoms with Crippen LogP contribution in [0.2, 0.25) is 0 Å². The van der Waals surface area contributed by atoms with Crippen LogP contribution in [0.1, 0.15) is 19.1 Å². The number of ether oxygens (including phenoxy) is 1. The maximum Gasteiger partial charge on any atom is 0.254 e. The molecule has 128 valence electrons. The summed E-state index contributed by atoms with van der Waals surface area (Å²) in [5.41, 5.74) is 1.21. The fourth-order valence-electron chi connectivity index (χ4n) is 3.08. The van der Waals surface area contributed by atoms with Gasteiger partial charge in [0.25, 0.3) is 5.88 Å². The molecule has 1 aliphatic heterocycles. The maximum absolute atomic E-state index is 12.5. The molecule has 0 bridgehead atoms. The summed E-state index contributed by atoms with van der Waals surface area (Å²) in [6.07, 6.45) is 0.971. The van der Waals surface area contributed by atoms with Gasteiger partial charge in [0, 0.05) is 50.3 Å². The smallest absolute Gasteiger partial charge is 0.254 e. The van der Waals surface area contributed by atoms with Gasteiger partial charge in [-0.25, -0.2) is 0 Å². The molecule has 2 heterocycles. The Labute approximate surface area is 142 Å².